The maximum absolute atomic E-state index is 4.28. The first-order valence-corrected chi connectivity index (χ1v) is 7.56. The van der Waals surface area contributed by atoms with Crippen LogP contribution in [0.1, 0.15) is 65.7 Å². The molecule has 1 spiro atoms. The Morgan fingerprint density at radius 3 is 2.82 bits per heavy atom. The summed E-state index contributed by atoms with van der Waals surface area (Å²) >= 11 is 0. The van der Waals surface area contributed by atoms with E-state index in [1.807, 2.05) is 0 Å². The Kier molecular flexibility index (Phi) is 3.80. The number of unbranched alkanes of at least 4 members (excludes halogenated alkanes) is 2. The third-order valence-corrected chi connectivity index (χ3v) is 4.71. The Hall–Kier alpha value is -0.520. The number of allylic oxidation sites excluding steroid dienone is 3. The van der Waals surface area contributed by atoms with Crippen LogP contribution in [0.5, 0.6) is 0 Å². The topological polar surface area (TPSA) is 0 Å². The summed E-state index contributed by atoms with van der Waals surface area (Å²) in [7, 11) is 0. The molecule has 0 radical (unpaired) electrons. The van der Waals surface area contributed by atoms with Gasteiger partial charge in [0.25, 0.3) is 0 Å². The van der Waals surface area contributed by atoms with Gasteiger partial charge in [-0.15, -0.1) is 0 Å². The van der Waals surface area contributed by atoms with Gasteiger partial charge in [-0.3, -0.25) is 0 Å². The monoisotopic (exact) mass is 232 g/mol. The van der Waals surface area contributed by atoms with Crippen LogP contribution in [0.25, 0.3) is 0 Å². The van der Waals surface area contributed by atoms with Crippen LogP contribution < -0.4 is 0 Å². The maximum Gasteiger partial charge on any atom is 0.0169 e. The largest absolute Gasteiger partial charge is 0.0995 e. The molecular weight excluding hydrogens is 204 g/mol. The van der Waals surface area contributed by atoms with Gasteiger partial charge in [0.2, 0.25) is 0 Å². The molecule has 1 fully saturated rings. The lowest BCUT2D eigenvalue weighted by Gasteiger charge is -2.10. The molecular formula is C17H28. The van der Waals surface area contributed by atoms with Gasteiger partial charge >= 0.3 is 0 Å². The molecule has 1 saturated carbocycles. The van der Waals surface area contributed by atoms with Crippen molar-refractivity contribution in [1.29, 1.82) is 0 Å². The van der Waals surface area contributed by atoms with Crippen LogP contribution in [0.4, 0.5) is 0 Å². The molecule has 0 aliphatic heterocycles. The van der Waals surface area contributed by atoms with Gasteiger partial charge in [-0.1, -0.05) is 70.3 Å². The van der Waals surface area contributed by atoms with Gasteiger partial charge in [0.05, 0.1) is 0 Å². The van der Waals surface area contributed by atoms with Crippen LogP contribution >= 0.6 is 0 Å². The third-order valence-electron chi connectivity index (χ3n) is 4.71. The third kappa shape index (κ3) is 2.51. The van der Waals surface area contributed by atoms with Crippen LogP contribution in [-0.4, -0.2) is 0 Å². The van der Waals surface area contributed by atoms with E-state index in [0.29, 0.717) is 5.41 Å². The molecule has 3 atom stereocenters. The fourth-order valence-electron chi connectivity index (χ4n) is 3.46. The quantitative estimate of drug-likeness (QED) is 0.382. The molecule has 0 bridgehead atoms. The second kappa shape index (κ2) is 5.00. The molecule has 0 nitrogen and oxygen atoms in total. The van der Waals surface area contributed by atoms with E-state index < -0.39 is 0 Å². The highest BCUT2D eigenvalue weighted by molar-refractivity contribution is 5.52. The first kappa shape index (κ1) is 12.9. The van der Waals surface area contributed by atoms with E-state index in [-0.39, 0.29) is 0 Å². The van der Waals surface area contributed by atoms with E-state index in [2.05, 4.69) is 33.4 Å². The van der Waals surface area contributed by atoms with Gasteiger partial charge in [0.15, 0.2) is 0 Å². The molecule has 3 unspecified atom stereocenters. The highest BCUT2D eigenvalue weighted by Crippen LogP contribution is 2.73. The fraction of sp³-hybridized carbons (Fsp3) is 0.765. The molecule has 0 heterocycles. The summed E-state index contributed by atoms with van der Waals surface area (Å²) in [5, 5.41) is 0. The SMILES string of the molecule is C=C(CCC)C1CC12C=C2C(C)CCCCC. The predicted molar refractivity (Wildman–Crippen MR) is 76.0 cm³/mol. The number of hydrogen-bond donors (Lipinski definition) is 0. The lowest BCUT2D eigenvalue weighted by Crippen LogP contribution is -1.98. The van der Waals surface area contributed by atoms with E-state index in [4.69, 9.17) is 0 Å². The van der Waals surface area contributed by atoms with Crippen molar-refractivity contribution in [2.45, 2.75) is 65.7 Å². The van der Waals surface area contributed by atoms with Crippen molar-refractivity contribution in [2.24, 2.45) is 17.3 Å². The molecule has 0 N–H and O–H groups in total. The van der Waals surface area contributed by atoms with E-state index >= 15 is 0 Å². The Balaban J connectivity index is 1.73. The van der Waals surface area contributed by atoms with Crippen LogP contribution in [0, 0.1) is 17.3 Å². The minimum atomic E-state index is 0.567. The summed E-state index contributed by atoms with van der Waals surface area (Å²) in [4.78, 5) is 0. The number of rotatable bonds is 8. The van der Waals surface area contributed by atoms with Crippen LogP contribution in [0.2, 0.25) is 0 Å². The molecule has 2 aliphatic rings. The second-order valence-electron chi connectivity index (χ2n) is 6.20. The van der Waals surface area contributed by atoms with Crippen molar-refractivity contribution in [3.63, 3.8) is 0 Å². The average molecular weight is 232 g/mol. The summed E-state index contributed by atoms with van der Waals surface area (Å²) in [5.74, 6) is 1.66. The maximum atomic E-state index is 4.28. The van der Waals surface area contributed by atoms with Crippen LogP contribution in [0.15, 0.2) is 23.8 Å². The summed E-state index contributed by atoms with van der Waals surface area (Å²) in [5.41, 5.74) is 3.85. The van der Waals surface area contributed by atoms with Gasteiger partial charge < -0.3 is 0 Å². The van der Waals surface area contributed by atoms with Crippen molar-refractivity contribution >= 4 is 0 Å². The molecule has 17 heavy (non-hydrogen) atoms. The Bertz CT molecular complexity index is 323. The smallest absolute Gasteiger partial charge is 0.0169 e. The summed E-state index contributed by atoms with van der Waals surface area (Å²) in [6, 6.07) is 0. The molecule has 0 heteroatoms. The second-order valence-corrected chi connectivity index (χ2v) is 6.20. The van der Waals surface area contributed by atoms with Gasteiger partial charge in [-0.05, 0) is 31.1 Å². The molecule has 0 aromatic heterocycles. The minimum Gasteiger partial charge on any atom is -0.0995 e. The lowest BCUT2D eigenvalue weighted by molar-refractivity contribution is 0.541. The lowest BCUT2D eigenvalue weighted by atomic mass is 9.95. The van der Waals surface area contributed by atoms with Crippen molar-refractivity contribution in [1.82, 2.24) is 0 Å². The fourth-order valence-corrected chi connectivity index (χ4v) is 3.46. The average Bonchev–Trinajstić information content (AvgIpc) is 3.19. The molecule has 0 saturated heterocycles. The molecule has 96 valence electrons. The van der Waals surface area contributed by atoms with Crippen LogP contribution in [-0.2, 0) is 0 Å². The normalized spacial score (nSPS) is 31.2. The van der Waals surface area contributed by atoms with Crippen molar-refractivity contribution in [3.8, 4) is 0 Å². The Morgan fingerprint density at radius 1 is 1.41 bits per heavy atom. The van der Waals surface area contributed by atoms with Crippen molar-refractivity contribution < 1.29 is 0 Å². The van der Waals surface area contributed by atoms with Crippen LogP contribution in [0.3, 0.4) is 0 Å². The molecule has 0 aromatic carbocycles. The van der Waals surface area contributed by atoms with Gasteiger partial charge in [-0.25, -0.2) is 0 Å². The molecule has 2 aliphatic carbocycles. The van der Waals surface area contributed by atoms with E-state index in [0.717, 1.165) is 11.8 Å². The first-order chi connectivity index (χ1) is 8.15. The van der Waals surface area contributed by atoms with Gasteiger partial charge in [0, 0.05) is 5.41 Å². The minimum absolute atomic E-state index is 0.567. The molecule has 2 rings (SSSR count). The zero-order valence-corrected chi connectivity index (χ0v) is 11.9. The zero-order valence-electron chi connectivity index (χ0n) is 11.9. The van der Waals surface area contributed by atoms with Gasteiger partial charge in [0.1, 0.15) is 0 Å². The summed E-state index contributed by atoms with van der Waals surface area (Å²) in [6.45, 7) is 11.2. The first-order valence-electron chi connectivity index (χ1n) is 7.56. The van der Waals surface area contributed by atoms with Crippen molar-refractivity contribution in [2.75, 3.05) is 0 Å². The van der Waals surface area contributed by atoms with Crippen molar-refractivity contribution in [3.05, 3.63) is 23.8 Å². The predicted octanol–water partition coefficient (Wildman–Crippen LogP) is 5.51. The Labute approximate surface area is 107 Å². The number of hydrogen-bond acceptors (Lipinski definition) is 0. The van der Waals surface area contributed by atoms with E-state index in [9.17, 15) is 0 Å². The standard InChI is InChI=1S/C17H28/c1-5-7-8-10-14(4)16-12-17(16)11-15(17)13(3)9-6-2/h12,14-15H,3,5-11H2,1-2,4H3. The molecule has 0 aromatic rings. The van der Waals surface area contributed by atoms with Gasteiger partial charge in [-0.2, -0.15) is 0 Å². The summed E-state index contributed by atoms with van der Waals surface area (Å²) < 4.78 is 0. The highest BCUT2D eigenvalue weighted by atomic mass is 14.7. The molecule has 0 amide bonds. The highest BCUT2D eigenvalue weighted by Gasteiger charge is 2.64. The van der Waals surface area contributed by atoms with E-state index in [1.165, 1.54) is 50.5 Å². The zero-order chi connectivity index (χ0) is 12.5. The van der Waals surface area contributed by atoms with E-state index in [1.54, 1.807) is 5.57 Å². The summed E-state index contributed by atoms with van der Waals surface area (Å²) in [6.07, 6.45) is 12.0. The Morgan fingerprint density at radius 2 is 2.18 bits per heavy atom.